The number of sulfonamides is 1. The molecule has 9 heteroatoms. The lowest BCUT2D eigenvalue weighted by atomic mass is 9.86. The molecule has 0 aliphatic heterocycles. The first-order valence-corrected chi connectivity index (χ1v) is 10.1. The summed E-state index contributed by atoms with van der Waals surface area (Å²) in [6.07, 6.45) is 4.78. The van der Waals surface area contributed by atoms with Crippen molar-refractivity contribution in [3.05, 3.63) is 17.4 Å². The second kappa shape index (κ2) is 8.22. The Morgan fingerprint density at radius 1 is 1.19 bits per heavy atom. The number of amides is 1. The summed E-state index contributed by atoms with van der Waals surface area (Å²) in [6, 6.07) is 0.710. The van der Waals surface area contributed by atoms with Gasteiger partial charge in [0.05, 0.1) is 11.5 Å². The van der Waals surface area contributed by atoms with Gasteiger partial charge in [-0.15, -0.1) is 0 Å². The number of rotatable bonds is 5. The highest BCUT2D eigenvalue weighted by atomic mass is 32.2. The molecular weight excluding hydrogens is 360 g/mol. The number of carbonyl (C=O) groups is 2. The van der Waals surface area contributed by atoms with Gasteiger partial charge in [0.1, 0.15) is 5.76 Å². The maximum absolute atomic E-state index is 12.6. The Hall–Kier alpha value is -1.87. The van der Waals surface area contributed by atoms with E-state index in [9.17, 15) is 23.1 Å². The lowest BCUT2D eigenvalue weighted by molar-refractivity contribution is -0.143. The minimum atomic E-state index is -3.79. The predicted molar refractivity (Wildman–Crippen MR) is 94.4 cm³/mol. The second-order valence-corrected chi connectivity index (χ2v) is 8.92. The smallest absolute Gasteiger partial charge is 0.308 e. The SMILES string of the molecule is Cc1oc(S(=O)(=O)N(C)C)cc1C(=O)NC1CCCCCCC1C(=O)O. The molecule has 146 valence electrons. The van der Waals surface area contributed by atoms with Crippen molar-refractivity contribution in [2.45, 2.75) is 56.6 Å². The van der Waals surface area contributed by atoms with Crippen molar-refractivity contribution in [3.63, 3.8) is 0 Å². The van der Waals surface area contributed by atoms with Crippen LogP contribution >= 0.6 is 0 Å². The average molecular weight is 386 g/mol. The highest BCUT2D eigenvalue weighted by Gasteiger charge is 2.32. The molecule has 8 nitrogen and oxygen atoms in total. The van der Waals surface area contributed by atoms with E-state index >= 15 is 0 Å². The molecule has 26 heavy (non-hydrogen) atoms. The van der Waals surface area contributed by atoms with Gasteiger partial charge >= 0.3 is 5.97 Å². The van der Waals surface area contributed by atoms with Crippen molar-refractivity contribution in [1.29, 1.82) is 0 Å². The molecule has 1 heterocycles. The van der Waals surface area contributed by atoms with Gasteiger partial charge in [-0.05, 0) is 19.8 Å². The molecule has 1 aliphatic carbocycles. The molecule has 0 aromatic carbocycles. The van der Waals surface area contributed by atoms with Crippen LogP contribution in [0.2, 0.25) is 0 Å². The monoisotopic (exact) mass is 386 g/mol. The Morgan fingerprint density at radius 3 is 2.38 bits per heavy atom. The summed E-state index contributed by atoms with van der Waals surface area (Å²) in [5, 5.41) is 12.0. The number of carbonyl (C=O) groups excluding carboxylic acids is 1. The van der Waals surface area contributed by atoms with Crippen LogP contribution in [-0.4, -0.2) is 49.8 Å². The van der Waals surface area contributed by atoms with E-state index in [1.807, 2.05) is 0 Å². The van der Waals surface area contributed by atoms with Crippen LogP contribution in [0, 0.1) is 12.8 Å². The molecule has 1 aromatic heterocycles. The Balaban J connectivity index is 2.23. The number of hydrogen-bond donors (Lipinski definition) is 2. The topological polar surface area (TPSA) is 117 Å². The molecule has 2 N–H and O–H groups in total. The van der Waals surface area contributed by atoms with E-state index in [0.717, 1.165) is 30.0 Å². The van der Waals surface area contributed by atoms with Crippen LogP contribution in [0.3, 0.4) is 0 Å². The maximum Gasteiger partial charge on any atom is 0.308 e. The maximum atomic E-state index is 12.6. The summed E-state index contributed by atoms with van der Waals surface area (Å²) >= 11 is 0. The molecule has 0 bridgehead atoms. The predicted octanol–water partition coefficient (Wildman–Crippen LogP) is 1.99. The summed E-state index contributed by atoms with van der Waals surface area (Å²) in [5.74, 6) is -1.89. The Kier molecular flexibility index (Phi) is 6.46. The van der Waals surface area contributed by atoms with E-state index in [1.54, 1.807) is 0 Å². The summed E-state index contributed by atoms with van der Waals surface area (Å²) in [6.45, 7) is 1.51. The fourth-order valence-electron chi connectivity index (χ4n) is 3.19. The van der Waals surface area contributed by atoms with Crippen molar-refractivity contribution in [3.8, 4) is 0 Å². The third-order valence-corrected chi connectivity index (χ3v) is 6.45. The number of carboxylic acid groups (broad SMARTS) is 1. The molecular formula is C17H26N2O6S. The molecule has 0 saturated heterocycles. The van der Waals surface area contributed by atoms with Crippen LogP contribution in [-0.2, 0) is 14.8 Å². The minimum Gasteiger partial charge on any atom is -0.481 e. The van der Waals surface area contributed by atoms with Gasteiger partial charge in [-0.25, -0.2) is 12.7 Å². The van der Waals surface area contributed by atoms with Crippen molar-refractivity contribution < 1.29 is 27.5 Å². The van der Waals surface area contributed by atoms with E-state index in [4.69, 9.17) is 4.42 Å². The minimum absolute atomic E-state index is 0.108. The quantitative estimate of drug-likeness (QED) is 0.799. The molecule has 1 aliphatic rings. The van der Waals surface area contributed by atoms with Gasteiger partial charge in [0.15, 0.2) is 0 Å². The van der Waals surface area contributed by atoms with Gasteiger partial charge in [0.25, 0.3) is 15.9 Å². The van der Waals surface area contributed by atoms with E-state index in [1.165, 1.54) is 27.1 Å². The zero-order valence-electron chi connectivity index (χ0n) is 15.3. The number of aryl methyl sites for hydroxylation is 1. The van der Waals surface area contributed by atoms with E-state index < -0.39 is 33.9 Å². The summed E-state index contributed by atoms with van der Waals surface area (Å²) in [5.41, 5.74) is 0.108. The molecule has 1 saturated carbocycles. The molecule has 1 fully saturated rings. The van der Waals surface area contributed by atoms with Crippen molar-refractivity contribution in [2.75, 3.05) is 14.1 Å². The zero-order valence-corrected chi connectivity index (χ0v) is 16.1. The fourth-order valence-corrected chi connectivity index (χ4v) is 4.04. The van der Waals surface area contributed by atoms with Crippen molar-refractivity contribution in [2.24, 2.45) is 5.92 Å². The number of aliphatic carboxylic acids is 1. The third-order valence-electron chi connectivity index (χ3n) is 4.77. The Labute approximate surface area is 153 Å². The van der Waals surface area contributed by atoms with E-state index in [-0.39, 0.29) is 16.4 Å². The normalized spacial score (nSPS) is 21.8. The molecule has 0 spiro atoms. The first-order valence-electron chi connectivity index (χ1n) is 8.71. The number of carboxylic acids is 1. The lowest BCUT2D eigenvalue weighted by Gasteiger charge is -2.27. The average Bonchev–Trinajstić information content (AvgIpc) is 2.92. The molecule has 1 amide bonds. The first kappa shape index (κ1) is 20.4. The Bertz CT molecular complexity index is 768. The lowest BCUT2D eigenvalue weighted by Crippen LogP contribution is -2.44. The van der Waals surface area contributed by atoms with Crippen LogP contribution in [0.15, 0.2) is 15.6 Å². The van der Waals surface area contributed by atoms with Gasteiger partial charge in [-0.3, -0.25) is 9.59 Å². The summed E-state index contributed by atoms with van der Waals surface area (Å²) in [4.78, 5) is 24.2. The van der Waals surface area contributed by atoms with Gasteiger partial charge in [0, 0.05) is 26.2 Å². The Morgan fingerprint density at radius 2 is 1.81 bits per heavy atom. The fraction of sp³-hybridized carbons (Fsp3) is 0.647. The van der Waals surface area contributed by atoms with Gasteiger partial charge in [-0.1, -0.05) is 25.7 Å². The third kappa shape index (κ3) is 4.45. The highest BCUT2D eigenvalue weighted by Crippen LogP contribution is 2.25. The number of furan rings is 1. The number of nitrogens with one attached hydrogen (secondary N) is 1. The number of hydrogen-bond acceptors (Lipinski definition) is 5. The van der Waals surface area contributed by atoms with Crippen LogP contribution in [0.5, 0.6) is 0 Å². The van der Waals surface area contributed by atoms with Crippen molar-refractivity contribution in [1.82, 2.24) is 9.62 Å². The summed E-state index contributed by atoms with van der Waals surface area (Å²) < 4.78 is 30.6. The second-order valence-electron chi connectivity index (χ2n) is 6.84. The van der Waals surface area contributed by atoms with Crippen LogP contribution in [0.1, 0.15) is 54.6 Å². The molecule has 0 radical (unpaired) electrons. The van der Waals surface area contributed by atoms with Crippen LogP contribution in [0.25, 0.3) is 0 Å². The van der Waals surface area contributed by atoms with Gasteiger partial charge < -0.3 is 14.8 Å². The molecule has 2 atom stereocenters. The highest BCUT2D eigenvalue weighted by molar-refractivity contribution is 7.88. The standard InChI is InChI=1S/C17H26N2O6S/c1-11-13(10-15(25-11)26(23,24)19(2)3)16(20)18-14-9-7-5-4-6-8-12(14)17(21)22/h10,12,14H,4-9H2,1-3H3,(H,18,20)(H,21,22). The summed E-state index contributed by atoms with van der Waals surface area (Å²) in [7, 11) is -1.04. The molecule has 1 aromatic rings. The first-order chi connectivity index (χ1) is 12.1. The van der Waals surface area contributed by atoms with E-state index in [0.29, 0.717) is 12.8 Å². The van der Waals surface area contributed by atoms with Crippen LogP contribution in [0.4, 0.5) is 0 Å². The van der Waals surface area contributed by atoms with Crippen molar-refractivity contribution >= 4 is 21.9 Å². The largest absolute Gasteiger partial charge is 0.481 e. The molecule has 2 unspecified atom stereocenters. The zero-order chi connectivity index (χ0) is 19.5. The van der Waals surface area contributed by atoms with Gasteiger partial charge in [0.2, 0.25) is 5.09 Å². The molecule has 2 rings (SSSR count). The van der Waals surface area contributed by atoms with Crippen LogP contribution < -0.4 is 5.32 Å². The van der Waals surface area contributed by atoms with Gasteiger partial charge in [-0.2, -0.15) is 0 Å². The number of nitrogens with zero attached hydrogens (tertiary/aromatic N) is 1. The van der Waals surface area contributed by atoms with E-state index in [2.05, 4.69) is 5.32 Å².